The molecule has 328 valence electrons. The molecule has 61 heavy (non-hydrogen) atoms. The SMILES string of the molecule is C=C(C)C1CCC2(C(=O)NCCc3cccc(C(=O)NCc4ccc(C(=O)NCCc5cnc[nH]5)cn4)c3)CC[C@]3(C)C(CCC4C5(C)CCC(O)C(C)(C)C5CCC43C)C12. The number of aromatic nitrogens is 3. The van der Waals surface area contributed by atoms with Crippen molar-refractivity contribution < 1.29 is 19.5 Å². The summed E-state index contributed by atoms with van der Waals surface area (Å²) in [5, 5.41) is 20.4. The molecule has 5 fully saturated rings. The van der Waals surface area contributed by atoms with Crippen LogP contribution < -0.4 is 16.0 Å². The lowest BCUT2D eigenvalue weighted by Gasteiger charge is -2.72. The van der Waals surface area contributed by atoms with Gasteiger partial charge >= 0.3 is 0 Å². The van der Waals surface area contributed by atoms with Gasteiger partial charge in [-0.3, -0.25) is 19.4 Å². The van der Waals surface area contributed by atoms with Crippen LogP contribution >= 0.6 is 0 Å². The number of aliphatic hydroxyl groups is 1. The molecule has 0 aliphatic heterocycles. The summed E-state index contributed by atoms with van der Waals surface area (Å²) in [6.45, 7) is 20.5. The van der Waals surface area contributed by atoms with Crippen LogP contribution in [-0.2, 0) is 24.2 Å². The molecular weight excluding hydrogens is 761 g/mol. The van der Waals surface area contributed by atoms with Crippen LogP contribution in [-0.4, -0.2) is 57.0 Å². The predicted molar refractivity (Wildman–Crippen MR) is 238 cm³/mol. The van der Waals surface area contributed by atoms with E-state index in [-0.39, 0.29) is 57.4 Å². The van der Waals surface area contributed by atoms with Gasteiger partial charge in [-0.2, -0.15) is 0 Å². The highest BCUT2D eigenvalue weighted by atomic mass is 16.3. The summed E-state index contributed by atoms with van der Waals surface area (Å²) in [5.41, 5.74) is 4.98. The van der Waals surface area contributed by atoms with E-state index in [0.29, 0.717) is 72.3 Å². The predicted octanol–water partition coefficient (Wildman–Crippen LogP) is 8.38. The third-order valence-electron chi connectivity index (χ3n) is 18.1. The molecule has 10 heteroatoms. The van der Waals surface area contributed by atoms with Crippen molar-refractivity contribution in [3.63, 3.8) is 0 Å². The standard InChI is InChI=1S/C51H70N6O4/c1-32(2)38-15-22-51(24-23-49(6)39(43(38)51)13-14-41-48(5)20-17-42(58)47(3,4)40(48)16-21-50(41,49)7)46(61)54-25-18-33-9-8-10-34(27-33)44(59)56-30-36-12-11-35(28-55-36)45(60)53-26-19-37-29-52-31-57-37/h8-12,27-29,31,38-43,58H,1,13-26,30H2,2-7H3,(H,52,57)(H,53,60)(H,54,61)(H,56,59)/t38?,39?,40?,41?,42?,43?,48?,49-,50?,51?/m1/s1. The zero-order valence-electron chi connectivity index (χ0n) is 37.5. The largest absolute Gasteiger partial charge is 0.393 e. The van der Waals surface area contributed by atoms with Gasteiger partial charge in [0.05, 0.1) is 35.6 Å². The Morgan fingerprint density at radius 3 is 2.33 bits per heavy atom. The van der Waals surface area contributed by atoms with Gasteiger partial charge in [-0.05, 0) is 159 Å². The van der Waals surface area contributed by atoms with Crippen LogP contribution in [0.3, 0.4) is 0 Å². The number of carbonyl (C=O) groups is 3. The number of carbonyl (C=O) groups excluding carboxylic acids is 3. The maximum absolute atomic E-state index is 14.7. The quantitative estimate of drug-likeness (QED) is 0.116. The number of fused-ring (bicyclic) bond motifs is 7. The first kappa shape index (κ1) is 43.3. The summed E-state index contributed by atoms with van der Waals surface area (Å²) in [6.07, 6.45) is 16.7. The minimum absolute atomic E-state index is 0.0631. The van der Waals surface area contributed by atoms with Crippen LogP contribution in [0.2, 0.25) is 0 Å². The van der Waals surface area contributed by atoms with Crippen LogP contribution in [0.1, 0.15) is 143 Å². The van der Waals surface area contributed by atoms with Crippen LogP contribution in [0, 0.1) is 56.7 Å². The molecule has 2 heterocycles. The van der Waals surface area contributed by atoms with Crippen molar-refractivity contribution >= 4 is 17.7 Å². The fourth-order valence-corrected chi connectivity index (χ4v) is 14.7. The van der Waals surface area contributed by atoms with Gasteiger partial charge < -0.3 is 26.0 Å². The highest BCUT2D eigenvalue weighted by Gasteiger charge is 2.71. The minimum atomic E-state index is -0.382. The fourth-order valence-electron chi connectivity index (χ4n) is 14.7. The Hall–Kier alpha value is -4.31. The van der Waals surface area contributed by atoms with E-state index in [9.17, 15) is 19.5 Å². The van der Waals surface area contributed by atoms with Gasteiger partial charge in [0.1, 0.15) is 0 Å². The topological polar surface area (TPSA) is 149 Å². The second-order valence-electron chi connectivity index (χ2n) is 21.2. The Balaban J connectivity index is 0.883. The molecule has 10 atom stereocenters. The number of rotatable bonds is 12. The summed E-state index contributed by atoms with van der Waals surface area (Å²) in [4.78, 5) is 51.9. The van der Waals surface area contributed by atoms with E-state index in [2.05, 4.69) is 79.0 Å². The highest BCUT2D eigenvalue weighted by molar-refractivity contribution is 5.94. The van der Waals surface area contributed by atoms with Gasteiger partial charge in [0, 0.05) is 43.2 Å². The number of amides is 3. The number of nitrogens with one attached hydrogen (secondary N) is 4. The van der Waals surface area contributed by atoms with Gasteiger partial charge in [0.2, 0.25) is 5.91 Å². The second kappa shape index (κ2) is 16.4. The normalized spacial score (nSPS) is 34.8. The summed E-state index contributed by atoms with van der Waals surface area (Å²) in [7, 11) is 0. The summed E-state index contributed by atoms with van der Waals surface area (Å²) in [6, 6.07) is 11.1. The molecule has 8 rings (SSSR count). The molecule has 0 bridgehead atoms. The molecule has 5 saturated carbocycles. The number of aromatic amines is 1. The maximum atomic E-state index is 14.7. The lowest BCUT2D eigenvalue weighted by molar-refractivity contribution is -0.246. The van der Waals surface area contributed by atoms with Crippen LogP contribution in [0.4, 0.5) is 0 Å². The van der Waals surface area contributed by atoms with Crippen molar-refractivity contribution in [1.82, 2.24) is 30.9 Å². The molecule has 3 aromatic rings. The molecule has 0 spiro atoms. The van der Waals surface area contributed by atoms with Crippen molar-refractivity contribution in [3.05, 3.63) is 95.3 Å². The Labute approximate surface area is 363 Å². The van der Waals surface area contributed by atoms with Gasteiger partial charge in [-0.1, -0.05) is 58.9 Å². The van der Waals surface area contributed by atoms with Crippen LogP contribution in [0.5, 0.6) is 0 Å². The first-order valence-electron chi connectivity index (χ1n) is 23.2. The third kappa shape index (κ3) is 7.46. The molecule has 2 aromatic heterocycles. The van der Waals surface area contributed by atoms with E-state index >= 15 is 0 Å². The van der Waals surface area contributed by atoms with Crippen molar-refractivity contribution in [3.8, 4) is 0 Å². The number of benzene rings is 1. The summed E-state index contributed by atoms with van der Waals surface area (Å²) in [5.74, 6) is 2.11. The Morgan fingerprint density at radius 2 is 1.59 bits per heavy atom. The number of H-pyrrole nitrogens is 1. The molecule has 3 amide bonds. The van der Waals surface area contributed by atoms with E-state index in [1.165, 1.54) is 37.5 Å². The molecule has 5 aliphatic rings. The van der Waals surface area contributed by atoms with E-state index < -0.39 is 0 Å². The lowest BCUT2D eigenvalue weighted by atomic mass is 9.32. The number of imidazole rings is 1. The lowest BCUT2D eigenvalue weighted by Crippen LogP contribution is -2.67. The van der Waals surface area contributed by atoms with E-state index in [1.54, 1.807) is 30.7 Å². The van der Waals surface area contributed by atoms with E-state index in [4.69, 9.17) is 0 Å². The molecule has 5 aliphatic carbocycles. The number of hydrogen-bond acceptors (Lipinski definition) is 6. The monoisotopic (exact) mass is 831 g/mol. The van der Waals surface area contributed by atoms with Crippen molar-refractivity contribution in [1.29, 1.82) is 0 Å². The van der Waals surface area contributed by atoms with E-state index in [0.717, 1.165) is 49.8 Å². The Morgan fingerprint density at radius 1 is 0.803 bits per heavy atom. The third-order valence-corrected chi connectivity index (χ3v) is 18.1. The Kier molecular flexibility index (Phi) is 11.7. The minimum Gasteiger partial charge on any atom is -0.393 e. The average molecular weight is 831 g/mol. The molecule has 0 radical (unpaired) electrons. The second-order valence-corrected chi connectivity index (χ2v) is 21.2. The van der Waals surface area contributed by atoms with Crippen LogP contribution in [0.15, 0.2) is 67.3 Å². The Bertz CT molecular complexity index is 2120. The smallest absolute Gasteiger partial charge is 0.252 e. The average Bonchev–Trinajstić information content (AvgIpc) is 3.91. The molecule has 5 N–H and O–H groups in total. The number of nitrogens with zero attached hydrogens (tertiary/aromatic N) is 2. The zero-order chi connectivity index (χ0) is 43.4. The number of pyridine rings is 1. The number of aliphatic hydroxyl groups excluding tert-OH is 1. The van der Waals surface area contributed by atoms with Gasteiger partial charge in [-0.25, -0.2) is 4.98 Å². The van der Waals surface area contributed by atoms with Crippen molar-refractivity contribution in [2.45, 2.75) is 131 Å². The van der Waals surface area contributed by atoms with Crippen molar-refractivity contribution in [2.24, 2.45) is 56.7 Å². The van der Waals surface area contributed by atoms with Gasteiger partial charge in [-0.15, -0.1) is 0 Å². The van der Waals surface area contributed by atoms with Gasteiger partial charge in [0.25, 0.3) is 11.8 Å². The van der Waals surface area contributed by atoms with Crippen molar-refractivity contribution in [2.75, 3.05) is 13.1 Å². The van der Waals surface area contributed by atoms with Gasteiger partial charge in [0.15, 0.2) is 0 Å². The van der Waals surface area contributed by atoms with E-state index in [1.807, 2.05) is 18.2 Å². The first-order chi connectivity index (χ1) is 29.0. The molecule has 9 unspecified atom stereocenters. The zero-order valence-corrected chi connectivity index (χ0v) is 37.5. The molecule has 0 saturated heterocycles. The maximum Gasteiger partial charge on any atom is 0.252 e. The number of allylic oxidation sites excluding steroid dienone is 1. The number of hydrogen-bond donors (Lipinski definition) is 5. The summed E-state index contributed by atoms with van der Waals surface area (Å²) >= 11 is 0. The molecule has 1 aromatic carbocycles. The summed E-state index contributed by atoms with van der Waals surface area (Å²) < 4.78 is 0. The molecule has 10 nitrogen and oxygen atoms in total. The fraction of sp³-hybridized carbons (Fsp3) is 0.627. The molecular formula is C51H70N6O4. The highest BCUT2D eigenvalue weighted by Crippen LogP contribution is 2.77. The first-order valence-corrected chi connectivity index (χ1v) is 23.2. The van der Waals surface area contributed by atoms with Crippen LogP contribution in [0.25, 0.3) is 0 Å².